The van der Waals surface area contributed by atoms with Gasteiger partial charge in [-0.1, -0.05) is 19.3 Å². The number of carboxylic acids is 1. The molecule has 0 amide bonds. The third-order valence-electron chi connectivity index (χ3n) is 4.87. The molecule has 1 saturated carbocycles. The molecule has 3 rings (SSSR count). The molecule has 1 aromatic carbocycles. The molecular weight excluding hydrogens is 276 g/mol. The molecule has 0 bridgehead atoms. The van der Waals surface area contributed by atoms with Crippen LogP contribution in [0.2, 0.25) is 0 Å². The zero-order valence-electron chi connectivity index (χ0n) is 11.8. The molecule has 0 aromatic heterocycles. The summed E-state index contributed by atoms with van der Waals surface area (Å²) in [5, 5.41) is 8.84. The minimum Gasteiger partial charge on any atom is -0.478 e. The van der Waals surface area contributed by atoms with Crippen LogP contribution < -0.4 is 4.90 Å². The Kier molecular flexibility index (Phi) is 3.83. The van der Waals surface area contributed by atoms with Crippen molar-refractivity contribution in [2.24, 2.45) is 11.8 Å². The monoisotopic (exact) mass is 295 g/mol. The maximum atomic E-state index is 14.1. The Morgan fingerprint density at radius 3 is 2.33 bits per heavy atom. The summed E-state index contributed by atoms with van der Waals surface area (Å²) in [6, 6.07) is 1.82. The molecule has 0 radical (unpaired) electrons. The van der Waals surface area contributed by atoms with Crippen molar-refractivity contribution in [3.8, 4) is 0 Å². The van der Waals surface area contributed by atoms with E-state index >= 15 is 0 Å². The Morgan fingerprint density at radius 2 is 1.71 bits per heavy atom. The van der Waals surface area contributed by atoms with Gasteiger partial charge in [0.1, 0.15) is 17.3 Å². The Labute approximate surface area is 122 Å². The van der Waals surface area contributed by atoms with Gasteiger partial charge in [-0.2, -0.15) is 0 Å². The van der Waals surface area contributed by atoms with E-state index in [4.69, 9.17) is 5.11 Å². The van der Waals surface area contributed by atoms with Crippen molar-refractivity contribution in [1.29, 1.82) is 0 Å². The molecule has 2 unspecified atom stereocenters. The lowest BCUT2D eigenvalue weighted by molar-refractivity contribution is 0.0695. The lowest BCUT2D eigenvalue weighted by Crippen LogP contribution is -2.42. The molecule has 114 valence electrons. The van der Waals surface area contributed by atoms with E-state index in [0.717, 1.165) is 25.0 Å². The summed E-state index contributed by atoms with van der Waals surface area (Å²) >= 11 is 0. The highest BCUT2D eigenvalue weighted by molar-refractivity contribution is 5.88. The van der Waals surface area contributed by atoms with Gasteiger partial charge in [-0.05, 0) is 36.8 Å². The number of carbonyl (C=O) groups is 1. The van der Waals surface area contributed by atoms with Crippen LogP contribution in [0.5, 0.6) is 0 Å². The van der Waals surface area contributed by atoms with Gasteiger partial charge in [0.15, 0.2) is 0 Å². The average Bonchev–Trinajstić information content (AvgIpc) is 2.46. The molecule has 5 heteroatoms. The van der Waals surface area contributed by atoms with Crippen molar-refractivity contribution in [2.45, 2.75) is 32.1 Å². The summed E-state index contributed by atoms with van der Waals surface area (Å²) in [6.07, 6.45) is 5.76. The Morgan fingerprint density at radius 1 is 1.10 bits per heavy atom. The minimum absolute atomic E-state index is 0.0657. The number of rotatable bonds is 2. The van der Waals surface area contributed by atoms with Gasteiger partial charge < -0.3 is 10.0 Å². The summed E-state index contributed by atoms with van der Waals surface area (Å²) in [5.41, 5.74) is -0.412. The molecule has 0 spiro atoms. The summed E-state index contributed by atoms with van der Waals surface area (Å²) in [4.78, 5) is 12.6. The van der Waals surface area contributed by atoms with E-state index in [-0.39, 0.29) is 11.3 Å². The van der Waals surface area contributed by atoms with Crippen LogP contribution in [0.3, 0.4) is 0 Å². The van der Waals surface area contributed by atoms with Crippen LogP contribution in [-0.4, -0.2) is 24.2 Å². The van der Waals surface area contributed by atoms with Gasteiger partial charge in [0, 0.05) is 13.1 Å². The van der Waals surface area contributed by atoms with Crippen molar-refractivity contribution in [1.82, 2.24) is 0 Å². The highest BCUT2D eigenvalue weighted by Gasteiger charge is 2.33. The van der Waals surface area contributed by atoms with E-state index in [1.54, 1.807) is 4.90 Å². The van der Waals surface area contributed by atoms with E-state index in [2.05, 4.69) is 0 Å². The van der Waals surface area contributed by atoms with Crippen LogP contribution in [0.25, 0.3) is 0 Å². The van der Waals surface area contributed by atoms with E-state index in [1.165, 1.54) is 19.3 Å². The second kappa shape index (κ2) is 5.62. The highest BCUT2D eigenvalue weighted by Crippen LogP contribution is 2.38. The number of nitrogens with zero attached hydrogens (tertiary/aromatic N) is 1. The van der Waals surface area contributed by atoms with Gasteiger partial charge in [-0.25, -0.2) is 13.6 Å². The zero-order valence-corrected chi connectivity index (χ0v) is 11.8. The number of anilines is 1. The van der Waals surface area contributed by atoms with Crippen LogP contribution in [-0.2, 0) is 0 Å². The van der Waals surface area contributed by atoms with E-state index in [1.807, 2.05) is 0 Å². The van der Waals surface area contributed by atoms with Crippen molar-refractivity contribution in [3.63, 3.8) is 0 Å². The third kappa shape index (κ3) is 2.74. The van der Waals surface area contributed by atoms with Gasteiger partial charge in [0.05, 0.1) is 5.56 Å². The van der Waals surface area contributed by atoms with Crippen LogP contribution in [0.4, 0.5) is 14.5 Å². The molecule has 3 nitrogen and oxygen atoms in total. The number of benzene rings is 1. The lowest BCUT2D eigenvalue weighted by atomic mass is 9.75. The first-order valence-electron chi connectivity index (χ1n) is 7.53. The van der Waals surface area contributed by atoms with Gasteiger partial charge in [-0.15, -0.1) is 0 Å². The molecule has 1 aromatic rings. The third-order valence-corrected chi connectivity index (χ3v) is 4.87. The van der Waals surface area contributed by atoms with Crippen LogP contribution >= 0.6 is 0 Å². The highest BCUT2D eigenvalue weighted by atomic mass is 19.1. The fourth-order valence-corrected chi connectivity index (χ4v) is 3.80. The van der Waals surface area contributed by atoms with E-state index in [9.17, 15) is 13.6 Å². The molecule has 1 aliphatic carbocycles. The number of fused-ring (bicyclic) bond motifs is 1. The van der Waals surface area contributed by atoms with Crippen molar-refractivity contribution >= 4 is 11.7 Å². The standard InChI is InChI=1S/C16H19F2NO2/c17-13-7-12(16(20)21)8-14(18)15(13)19-6-5-10-3-1-2-4-11(10)9-19/h7-8,10-11H,1-6,9H2,(H,20,21). The molecule has 1 aliphatic heterocycles. The average molecular weight is 295 g/mol. The number of hydrogen-bond donors (Lipinski definition) is 1. The SMILES string of the molecule is O=C(O)c1cc(F)c(N2CCC3CCCCC3C2)c(F)c1. The second-order valence-corrected chi connectivity index (χ2v) is 6.13. The van der Waals surface area contributed by atoms with Gasteiger partial charge in [-0.3, -0.25) is 0 Å². The minimum atomic E-state index is -1.31. The number of carboxylic acid groups (broad SMARTS) is 1. The number of halogens is 2. The normalized spacial score (nSPS) is 25.5. The fourth-order valence-electron chi connectivity index (χ4n) is 3.80. The largest absolute Gasteiger partial charge is 0.478 e. The predicted molar refractivity (Wildman–Crippen MR) is 75.6 cm³/mol. The van der Waals surface area contributed by atoms with Crippen LogP contribution in [0.15, 0.2) is 12.1 Å². The summed E-state index contributed by atoms with van der Waals surface area (Å²) in [5.74, 6) is -1.68. The Bertz CT molecular complexity index is 538. The van der Waals surface area contributed by atoms with Crippen molar-refractivity contribution < 1.29 is 18.7 Å². The number of piperidine rings is 1. The molecule has 2 atom stereocenters. The maximum Gasteiger partial charge on any atom is 0.335 e. The smallest absolute Gasteiger partial charge is 0.335 e. The van der Waals surface area contributed by atoms with Gasteiger partial charge in [0.2, 0.25) is 0 Å². The second-order valence-electron chi connectivity index (χ2n) is 6.13. The van der Waals surface area contributed by atoms with Crippen molar-refractivity contribution in [3.05, 3.63) is 29.3 Å². The maximum absolute atomic E-state index is 14.1. The fraction of sp³-hybridized carbons (Fsp3) is 0.562. The molecule has 1 saturated heterocycles. The zero-order chi connectivity index (χ0) is 15.0. The van der Waals surface area contributed by atoms with Gasteiger partial charge in [0.25, 0.3) is 0 Å². The van der Waals surface area contributed by atoms with Crippen LogP contribution in [0.1, 0.15) is 42.5 Å². The summed E-state index contributed by atoms with van der Waals surface area (Å²) in [6.45, 7) is 1.31. The molecule has 1 heterocycles. The van der Waals surface area contributed by atoms with Crippen LogP contribution in [0, 0.1) is 23.5 Å². The first-order chi connectivity index (χ1) is 10.1. The Hall–Kier alpha value is -1.65. The topological polar surface area (TPSA) is 40.5 Å². The summed E-state index contributed by atoms with van der Waals surface area (Å²) in [7, 11) is 0. The predicted octanol–water partition coefficient (Wildman–Crippen LogP) is 3.68. The molecular formula is C16H19F2NO2. The summed E-state index contributed by atoms with van der Waals surface area (Å²) < 4.78 is 28.3. The molecule has 1 N–H and O–H groups in total. The first-order valence-corrected chi connectivity index (χ1v) is 7.53. The first kappa shape index (κ1) is 14.3. The molecule has 2 fully saturated rings. The quantitative estimate of drug-likeness (QED) is 0.905. The Balaban J connectivity index is 1.85. The number of hydrogen-bond acceptors (Lipinski definition) is 2. The molecule has 2 aliphatic rings. The van der Waals surface area contributed by atoms with E-state index < -0.39 is 17.6 Å². The van der Waals surface area contributed by atoms with Gasteiger partial charge >= 0.3 is 5.97 Å². The van der Waals surface area contributed by atoms with Crippen molar-refractivity contribution in [2.75, 3.05) is 18.0 Å². The molecule has 21 heavy (non-hydrogen) atoms. The number of aromatic carboxylic acids is 1. The van der Waals surface area contributed by atoms with E-state index in [0.29, 0.717) is 24.9 Å². The lowest BCUT2D eigenvalue weighted by Gasteiger charge is -2.42.